The molecule has 0 radical (unpaired) electrons. The maximum atomic E-state index is 9.52. The van der Waals surface area contributed by atoms with E-state index in [0.29, 0.717) is 25.0 Å². The van der Waals surface area contributed by atoms with E-state index in [1.54, 1.807) is 6.20 Å². The van der Waals surface area contributed by atoms with Crippen molar-refractivity contribution < 1.29 is 9.47 Å². The van der Waals surface area contributed by atoms with Crippen molar-refractivity contribution in [3.63, 3.8) is 0 Å². The second kappa shape index (κ2) is 10.3. The Bertz CT molecular complexity index is 1300. The van der Waals surface area contributed by atoms with E-state index in [2.05, 4.69) is 45.3 Å². The lowest BCUT2D eigenvalue weighted by atomic mass is 10.0. The third-order valence-corrected chi connectivity index (χ3v) is 6.63. The van der Waals surface area contributed by atoms with Gasteiger partial charge in [-0.2, -0.15) is 10.4 Å². The molecule has 5 rings (SSSR count). The number of nitrogens with one attached hydrogen (secondary N) is 2. The summed E-state index contributed by atoms with van der Waals surface area (Å²) in [6, 6.07) is 6.80. The highest BCUT2D eigenvalue weighted by Gasteiger charge is 2.21. The lowest BCUT2D eigenvalue weighted by molar-refractivity contribution is -0.00845. The Hall–Kier alpha value is -3.67. The predicted octanol–water partition coefficient (Wildman–Crippen LogP) is 4.38. The molecule has 2 N–H and O–H groups in total. The highest BCUT2D eigenvalue weighted by molar-refractivity contribution is 5.95. The van der Waals surface area contributed by atoms with Crippen molar-refractivity contribution >= 4 is 16.6 Å². The summed E-state index contributed by atoms with van der Waals surface area (Å²) in [5.41, 5.74) is 4.74. The normalized spacial score (nSPS) is 18.7. The molecule has 3 aromatic rings. The van der Waals surface area contributed by atoms with Gasteiger partial charge in [0.25, 0.3) is 0 Å². The van der Waals surface area contributed by atoms with Crippen LogP contribution in [-0.2, 0) is 9.47 Å². The lowest BCUT2D eigenvalue weighted by Gasteiger charge is -2.27. The Morgan fingerprint density at radius 1 is 1.34 bits per heavy atom. The van der Waals surface area contributed by atoms with E-state index in [9.17, 15) is 5.26 Å². The molecule has 0 amide bonds. The van der Waals surface area contributed by atoms with Gasteiger partial charge in [0.1, 0.15) is 23.4 Å². The second-order valence-electron chi connectivity index (χ2n) is 9.00. The van der Waals surface area contributed by atoms with Crippen molar-refractivity contribution in [3.05, 3.63) is 66.9 Å². The molecule has 0 saturated carbocycles. The van der Waals surface area contributed by atoms with Gasteiger partial charge in [-0.05, 0) is 36.3 Å². The number of hydrogen-bond acceptors (Lipinski definition) is 6. The summed E-state index contributed by atoms with van der Waals surface area (Å²) in [7, 11) is 0. The molecule has 5 heterocycles. The van der Waals surface area contributed by atoms with Crippen molar-refractivity contribution in [1.82, 2.24) is 25.1 Å². The van der Waals surface area contributed by atoms with Crippen LogP contribution in [0.15, 0.2) is 61.3 Å². The molecular formula is C27H30N6O2. The van der Waals surface area contributed by atoms with Crippen LogP contribution in [0.1, 0.15) is 31.4 Å². The van der Waals surface area contributed by atoms with Crippen LogP contribution < -0.4 is 5.32 Å². The Kier molecular flexibility index (Phi) is 6.80. The number of nitriles is 1. The molecule has 2 aliphatic heterocycles. The van der Waals surface area contributed by atoms with Gasteiger partial charge < -0.3 is 19.8 Å². The predicted molar refractivity (Wildman–Crippen MR) is 135 cm³/mol. The number of hydrogen-bond donors (Lipinski definition) is 2. The third kappa shape index (κ3) is 4.92. The van der Waals surface area contributed by atoms with Gasteiger partial charge in [-0.15, -0.1) is 0 Å². The molecule has 2 aliphatic rings. The van der Waals surface area contributed by atoms with Crippen molar-refractivity contribution in [1.29, 1.82) is 5.26 Å². The maximum absolute atomic E-state index is 9.52. The van der Waals surface area contributed by atoms with E-state index >= 15 is 0 Å². The largest absolute Gasteiger partial charge is 0.493 e. The molecule has 3 aromatic heterocycles. The highest BCUT2D eigenvalue weighted by Crippen LogP contribution is 2.30. The van der Waals surface area contributed by atoms with Crippen molar-refractivity contribution in [2.75, 3.05) is 26.3 Å². The molecule has 8 nitrogen and oxygen atoms in total. The minimum absolute atomic E-state index is 0.0721. The first kappa shape index (κ1) is 23.1. The topological polar surface area (TPSA) is 101 Å². The molecule has 0 spiro atoms. The quantitative estimate of drug-likeness (QED) is 0.374. The maximum Gasteiger partial charge on any atom is 0.138 e. The molecule has 180 valence electrons. The molecule has 1 atom stereocenters. The molecule has 2 fully saturated rings. The Labute approximate surface area is 204 Å². The van der Waals surface area contributed by atoms with Gasteiger partial charge >= 0.3 is 0 Å². The summed E-state index contributed by atoms with van der Waals surface area (Å²) in [4.78, 5) is 7.97. The van der Waals surface area contributed by atoms with E-state index in [4.69, 9.17) is 9.47 Å². The Morgan fingerprint density at radius 2 is 2.17 bits per heavy atom. The summed E-state index contributed by atoms with van der Waals surface area (Å²) < 4.78 is 13.7. The smallest absolute Gasteiger partial charge is 0.138 e. The van der Waals surface area contributed by atoms with Crippen molar-refractivity contribution in [2.24, 2.45) is 5.92 Å². The van der Waals surface area contributed by atoms with E-state index in [1.165, 1.54) is 0 Å². The molecule has 0 bridgehead atoms. The van der Waals surface area contributed by atoms with Crippen LogP contribution in [0.5, 0.6) is 0 Å². The molecule has 1 unspecified atom stereocenters. The van der Waals surface area contributed by atoms with Crippen molar-refractivity contribution in [3.8, 4) is 17.3 Å². The standard InChI is InChI=1S/C27H30N6O2/c1-3-19(4-5-26(18(2)13-28)35-22-7-10-34-11-8-22)23-6-9-30-27-24(23)12-25(32-27)20-14-31-33(17-20)21-15-29-16-21/h3-6,9,12,14,17-18,21-22,29H,1,7-8,10-11,15-16H2,2H3,(H,30,32)/b19-4+,26-5+. The van der Waals surface area contributed by atoms with Gasteiger partial charge in [-0.25, -0.2) is 4.98 Å². The van der Waals surface area contributed by atoms with Gasteiger partial charge in [-0.1, -0.05) is 18.7 Å². The molecule has 8 heteroatoms. The third-order valence-electron chi connectivity index (χ3n) is 6.63. The van der Waals surface area contributed by atoms with Gasteiger partial charge in [0.05, 0.1) is 37.2 Å². The van der Waals surface area contributed by atoms with E-state index in [-0.39, 0.29) is 12.0 Å². The van der Waals surface area contributed by atoms with Crippen LogP contribution in [0.4, 0.5) is 0 Å². The molecule has 35 heavy (non-hydrogen) atoms. The minimum Gasteiger partial charge on any atom is -0.493 e. The van der Waals surface area contributed by atoms with Crippen LogP contribution in [0, 0.1) is 17.2 Å². The van der Waals surface area contributed by atoms with E-state index in [1.807, 2.05) is 42.1 Å². The average Bonchev–Trinajstić information content (AvgIpc) is 3.50. The fourth-order valence-electron chi connectivity index (χ4n) is 4.35. The van der Waals surface area contributed by atoms with Crippen LogP contribution in [-0.4, -0.2) is 52.2 Å². The molecule has 0 aliphatic carbocycles. The number of aromatic amines is 1. The molecule has 2 saturated heterocycles. The molecular weight excluding hydrogens is 440 g/mol. The fourth-order valence-corrected chi connectivity index (χ4v) is 4.35. The average molecular weight is 471 g/mol. The SMILES string of the molecule is C=C/C(=C\C=C(\OC1CCOCC1)C(C)C#N)c1ccnc2[nH]c(-c3cnn(C4CNC4)c3)cc12. The number of H-pyrrole nitrogens is 1. The number of rotatable bonds is 8. The number of pyridine rings is 1. The van der Waals surface area contributed by atoms with E-state index < -0.39 is 0 Å². The number of aromatic nitrogens is 4. The zero-order valence-corrected chi connectivity index (χ0v) is 19.9. The van der Waals surface area contributed by atoms with Crippen LogP contribution in [0.3, 0.4) is 0 Å². The fraction of sp³-hybridized carbons (Fsp3) is 0.370. The zero-order chi connectivity index (χ0) is 24.2. The summed E-state index contributed by atoms with van der Waals surface area (Å²) >= 11 is 0. The first-order valence-electron chi connectivity index (χ1n) is 12.1. The van der Waals surface area contributed by atoms with Gasteiger partial charge in [-0.3, -0.25) is 4.68 Å². The first-order valence-corrected chi connectivity index (χ1v) is 12.1. The van der Waals surface area contributed by atoms with Crippen molar-refractivity contribution in [2.45, 2.75) is 31.9 Å². The zero-order valence-electron chi connectivity index (χ0n) is 19.9. The summed E-state index contributed by atoms with van der Waals surface area (Å²) in [5.74, 6) is 0.315. The highest BCUT2D eigenvalue weighted by atomic mass is 16.5. The van der Waals surface area contributed by atoms with Crippen LogP contribution >= 0.6 is 0 Å². The Balaban J connectivity index is 1.45. The number of nitrogens with zero attached hydrogens (tertiary/aromatic N) is 4. The van der Waals surface area contributed by atoms with Gasteiger partial charge in [0, 0.05) is 49.3 Å². The number of fused-ring (bicyclic) bond motifs is 1. The lowest BCUT2D eigenvalue weighted by Crippen LogP contribution is -2.43. The van der Waals surface area contributed by atoms with Gasteiger partial charge in [0.2, 0.25) is 0 Å². The second-order valence-corrected chi connectivity index (χ2v) is 9.00. The first-order chi connectivity index (χ1) is 17.2. The number of allylic oxidation sites excluding steroid dienone is 5. The summed E-state index contributed by atoms with van der Waals surface area (Å²) in [6.45, 7) is 9.17. The Morgan fingerprint density at radius 3 is 2.89 bits per heavy atom. The minimum atomic E-state index is -0.348. The monoisotopic (exact) mass is 470 g/mol. The summed E-state index contributed by atoms with van der Waals surface area (Å²) in [6.07, 6.45) is 13.2. The van der Waals surface area contributed by atoms with E-state index in [0.717, 1.165) is 59.4 Å². The summed E-state index contributed by atoms with van der Waals surface area (Å²) in [5, 5.41) is 18.3. The number of ether oxygens (including phenoxy) is 2. The van der Waals surface area contributed by atoms with Crippen LogP contribution in [0.2, 0.25) is 0 Å². The van der Waals surface area contributed by atoms with Crippen LogP contribution in [0.25, 0.3) is 27.9 Å². The molecule has 0 aromatic carbocycles. The van der Waals surface area contributed by atoms with Gasteiger partial charge in [0.15, 0.2) is 0 Å².